The largest absolute Gasteiger partial charge is 0.481 e. The van der Waals surface area contributed by atoms with E-state index in [-0.39, 0.29) is 17.9 Å². The Morgan fingerprint density at radius 2 is 1.81 bits per heavy atom. The average Bonchev–Trinajstić information content (AvgIpc) is 2.85. The van der Waals surface area contributed by atoms with Gasteiger partial charge in [-0.1, -0.05) is 25.1 Å². The Morgan fingerprint density at radius 1 is 1.05 bits per heavy atom. The molecule has 1 aromatic heterocycles. The molecule has 0 saturated carbocycles. The van der Waals surface area contributed by atoms with Crippen LogP contribution in [0.1, 0.15) is 47.7 Å². The molecule has 1 unspecified atom stereocenters. The number of pyridine rings is 1. The Kier molecular flexibility index (Phi) is 7.02. The molecule has 3 N–H and O–H groups in total. The highest BCUT2D eigenvalue weighted by molar-refractivity contribution is 6.04. The number of hydrogen-bond donors (Lipinski definition) is 3. The SMILES string of the molecule is CCC1(CC(=O)O)CCc2cc(-c3ccc(NC(=O)Nc4cccc(C(F)(F)F)c4)cn3)ccc2C1=O. The molecule has 10 heteroatoms. The number of carboxylic acids is 1. The van der Waals surface area contributed by atoms with Gasteiger partial charge in [-0.05, 0) is 61.2 Å². The number of ketones is 1. The van der Waals surface area contributed by atoms with Crippen molar-refractivity contribution >= 4 is 29.2 Å². The number of anilines is 2. The summed E-state index contributed by atoms with van der Waals surface area (Å²) < 4.78 is 38.6. The van der Waals surface area contributed by atoms with E-state index in [1.54, 1.807) is 24.3 Å². The number of aliphatic carboxylic acids is 1. The van der Waals surface area contributed by atoms with Crippen molar-refractivity contribution < 1.29 is 32.7 Å². The van der Waals surface area contributed by atoms with Crippen LogP contribution in [0.15, 0.2) is 60.8 Å². The fourth-order valence-corrected chi connectivity index (χ4v) is 4.58. The Morgan fingerprint density at radius 3 is 2.46 bits per heavy atom. The number of carbonyl (C=O) groups is 3. The van der Waals surface area contributed by atoms with Crippen LogP contribution >= 0.6 is 0 Å². The monoisotopic (exact) mass is 511 g/mol. The third-order valence-corrected chi connectivity index (χ3v) is 6.64. The van der Waals surface area contributed by atoms with Crippen LogP contribution in [0.5, 0.6) is 0 Å². The second kappa shape index (κ2) is 10.0. The van der Waals surface area contributed by atoms with Crippen molar-refractivity contribution in [3.8, 4) is 11.3 Å². The maximum atomic E-state index is 13.1. The summed E-state index contributed by atoms with van der Waals surface area (Å²) in [5, 5.41) is 14.2. The average molecular weight is 512 g/mol. The number of amides is 2. The summed E-state index contributed by atoms with van der Waals surface area (Å²) in [5.41, 5.74) is 1.29. The Labute approximate surface area is 210 Å². The topological polar surface area (TPSA) is 108 Å². The molecule has 7 nitrogen and oxygen atoms in total. The van der Waals surface area contributed by atoms with Crippen LogP contribution in [0.4, 0.5) is 29.3 Å². The molecule has 192 valence electrons. The summed E-state index contributed by atoms with van der Waals surface area (Å²) in [6.45, 7) is 1.83. The van der Waals surface area contributed by atoms with Crippen molar-refractivity contribution in [1.82, 2.24) is 4.98 Å². The van der Waals surface area contributed by atoms with E-state index < -0.39 is 29.2 Å². The van der Waals surface area contributed by atoms with Crippen molar-refractivity contribution in [2.45, 2.75) is 38.8 Å². The molecule has 2 amide bonds. The quantitative estimate of drug-likeness (QED) is 0.354. The fraction of sp³-hybridized carbons (Fsp3) is 0.259. The van der Waals surface area contributed by atoms with E-state index >= 15 is 0 Å². The summed E-state index contributed by atoms with van der Waals surface area (Å²) in [5.74, 6) is -1.14. The molecule has 1 aliphatic carbocycles. The molecule has 4 rings (SSSR count). The zero-order valence-electron chi connectivity index (χ0n) is 19.9. The standard InChI is InChI=1S/C27H24F3N3O4/c1-2-26(14-23(34)35)11-10-16-12-17(6-8-21(16)24(26)36)22-9-7-20(15-31-22)33-25(37)32-19-5-3-4-18(13-19)27(28,29)30/h3-9,12-13,15H,2,10-11,14H2,1H3,(H,34,35)(H2,32,33,37). The lowest BCUT2D eigenvalue weighted by atomic mass is 9.67. The number of aryl methyl sites for hydroxylation is 1. The van der Waals surface area contributed by atoms with E-state index in [0.717, 1.165) is 23.3 Å². The highest BCUT2D eigenvalue weighted by atomic mass is 19.4. The number of hydrogen-bond acceptors (Lipinski definition) is 4. The molecule has 0 radical (unpaired) electrons. The van der Waals surface area contributed by atoms with E-state index in [1.807, 2.05) is 13.0 Å². The van der Waals surface area contributed by atoms with E-state index in [4.69, 9.17) is 0 Å². The second-order valence-electron chi connectivity index (χ2n) is 9.00. The van der Waals surface area contributed by atoms with Gasteiger partial charge in [0.2, 0.25) is 0 Å². The number of Topliss-reactive ketones (excluding diaryl/α,β-unsaturated/α-hetero) is 1. The van der Waals surface area contributed by atoms with Crippen LogP contribution < -0.4 is 10.6 Å². The maximum absolute atomic E-state index is 13.1. The molecule has 3 aromatic rings. The number of nitrogens with zero attached hydrogens (tertiary/aromatic N) is 1. The molecule has 1 atom stereocenters. The summed E-state index contributed by atoms with van der Waals surface area (Å²) >= 11 is 0. The van der Waals surface area contributed by atoms with E-state index in [0.29, 0.717) is 36.2 Å². The molecule has 1 heterocycles. The summed E-state index contributed by atoms with van der Waals surface area (Å²) in [7, 11) is 0. The Hall–Kier alpha value is -4.21. The molecular formula is C27H24F3N3O4. The van der Waals surface area contributed by atoms with Gasteiger partial charge in [-0.15, -0.1) is 0 Å². The van der Waals surface area contributed by atoms with E-state index in [1.165, 1.54) is 18.3 Å². The minimum Gasteiger partial charge on any atom is -0.481 e. The second-order valence-corrected chi connectivity index (χ2v) is 9.00. The van der Waals surface area contributed by atoms with Crippen LogP contribution in [0, 0.1) is 5.41 Å². The highest BCUT2D eigenvalue weighted by Gasteiger charge is 2.42. The van der Waals surface area contributed by atoms with Crippen LogP contribution in [0.2, 0.25) is 0 Å². The van der Waals surface area contributed by atoms with Gasteiger partial charge in [0.25, 0.3) is 0 Å². The molecule has 37 heavy (non-hydrogen) atoms. The van der Waals surface area contributed by atoms with Crippen LogP contribution in [-0.2, 0) is 17.4 Å². The van der Waals surface area contributed by atoms with Crippen LogP contribution in [-0.4, -0.2) is 27.9 Å². The summed E-state index contributed by atoms with van der Waals surface area (Å²) in [4.78, 5) is 41.0. The molecular weight excluding hydrogens is 487 g/mol. The highest BCUT2D eigenvalue weighted by Crippen LogP contribution is 2.42. The molecule has 0 aliphatic heterocycles. The third kappa shape index (κ3) is 5.63. The van der Waals surface area contributed by atoms with Gasteiger partial charge in [0.05, 0.1) is 29.6 Å². The summed E-state index contributed by atoms with van der Waals surface area (Å²) in [6.07, 6.45) is -1.80. The molecule has 0 spiro atoms. The minimum atomic E-state index is -4.52. The van der Waals surface area contributed by atoms with Crippen LogP contribution in [0.25, 0.3) is 11.3 Å². The van der Waals surface area contributed by atoms with Gasteiger partial charge in [0, 0.05) is 22.2 Å². The fourth-order valence-electron chi connectivity index (χ4n) is 4.58. The molecule has 1 aliphatic rings. The molecule has 0 bridgehead atoms. The van der Waals surface area contributed by atoms with Crippen molar-refractivity contribution in [2.24, 2.45) is 5.41 Å². The predicted octanol–water partition coefficient (Wildman–Crippen LogP) is 6.41. The minimum absolute atomic E-state index is 0.00374. The molecule has 2 aromatic carbocycles. The first kappa shape index (κ1) is 25.9. The third-order valence-electron chi connectivity index (χ3n) is 6.64. The maximum Gasteiger partial charge on any atom is 0.416 e. The number of alkyl halides is 3. The normalized spacial score (nSPS) is 17.1. The first-order valence-electron chi connectivity index (χ1n) is 11.6. The zero-order chi connectivity index (χ0) is 26.8. The Balaban J connectivity index is 1.45. The van der Waals surface area contributed by atoms with Crippen molar-refractivity contribution in [1.29, 1.82) is 0 Å². The van der Waals surface area contributed by atoms with Gasteiger partial charge in [-0.2, -0.15) is 13.2 Å². The summed E-state index contributed by atoms with van der Waals surface area (Å²) in [6, 6.07) is 12.2. The van der Waals surface area contributed by atoms with Crippen molar-refractivity contribution in [3.63, 3.8) is 0 Å². The number of aromatic nitrogens is 1. The smallest absolute Gasteiger partial charge is 0.416 e. The van der Waals surface area contributed by atoms with Crippen LogP contribution in [0.3, 0.4) is 0 Å². The zero-order valence-corrected chi connectivity index (χ0v) is 19.9. The lowest BCUT2D eigenvalue weighted by molar-refractivity contribution is -0.139. The number of urea groups is 1. The van der Waals surface area contributed by atoms with Gasteiger partial charge in [0.1, 0.15) is 0 Å². The lowest BCUT2D eigenvalue weighted by Gasteiger charge is -2.34. The number of halogens is 3. The van der Waals surface area contributed by atoms with Gasteiger partial charge in [0.15, 0.2) is 5.78 Å². The number of carbonyl (C=O) groups excluding carboxylic acids is 2. The van der Waals surface area contributed by atoms with Gasteiger partial charge in [-0.3, -0.25) is 14.6 Å². The number of nitrogens with one attached hydrogen (secondary N) is 2. The number of carboxylic acid groups (broad SMARTS) is 1. The first-order valence-corrected chi connectivity index (χ1v) is 11.6. The van der Waals surface area contributed by atoms with Gasteiger partial charge >= 0.3 is 18.2 Å². The lowest BCUT2D eigenvalue weighted by Crippen LogP contribution is -2.37. The number of benzene rings is 2. The molecule has 0 fully saturated rings. The molecule has 0 saturated heterocycles. The van der Waals surface area contributed by atoms with E-state index in [2.05, 4.69) is 15.6 Å². The van der Waals surface area contributed by atoms with Crippen molar-refractivity contribution in [3.05, 3.63) is 77.5 Å². The van der Waals surface area contributed by atoms with Gasteiger partial charge < -0.3 is 15.7 Å². The predicted molar refractivity (Wildman–Crippen MR) is 131 cm³/mol. The number of rotatable bonds is 6. The number of fused-ring (bicyclic) bond motifs is 1. The van der Waals surface area contributed by atoms with Gasteiger partial charge in [-0.25, -0.2) is 4.79 Å². The van der Waals surface area contributed by atoms with E-state index in [9.17, 15) is 32.7 Å². The Bertz CT molecular complexity index is 1360. The first-order chi connectivity index (χ1) is 17.5. The van der Waals surface area contributed by atoms with Crippen molar-refractivity contribution in [2.75, 3.05) is 10.6 Å².